The van der Waals surface area contributed by atoms with Crippen LogP contribution in [0, 0.1) is 0 Å². The molecule has 1 atom stereocenters. The van der Waals surface area contributed by atoms with Crippen LogP contribution in [-0.4, -0.2) is 53.5 Å². The van der Waals surface area contributed by atoms with Gasteiger partial charge in [0, 0.05) is 25.0 Å². The minimum Gasteiger partial charge on any atom is -0.377 e. The van der Waals surface area contributed by atoms with Crippen LogP contribution in [0.25, 0.3) is 0 Å². The molecule has 0 spiro atoms. The fraction of sp³-hybridized carbons (Fsp3) is 0.500. The summed E-state index contributed by atoms with van der Waals surface area (Å²) in [6, 6.07) is 0.904. The zero-order chi connectivity index (χ0) is 15.4. The van der Waals surface area contributed by atoms with Crippen molar-refractivity contribution in [3.05, 3.63) is 29.0 Å². The minimum atomic E-state index is -0.648. The normalized spacial score (nSPS) is 18.7. The number of nitrogens with one attached hydrogen (secondary N) is 1. The largest absolute Gasteiger partial charge is 0.377 e. The highest BCUT2D eigenvalue weighted by Gasteiger charge is 2.34. The molecule has 1 saturated heterocycles. The van der Waals surface area contributed by atoms with Gasteiger partial charge in [-0.25, -0.2) is 0 Å². The maximum absolute atomic E-state index is 12.6. The molecule has 1 unspecified atom stereocenters. The van der Waals surface area contributed by atoms with E-state index in [-0.39, 0.29) is 24.5 Å². The van der Waals surface area contributed by atoms with Crippen molar-refractivity contribution in [2.45, 2.75) is 25.9 Å². The molecule has 2 heterocycles. The average Bonchev–Trinajstić information content (AvgIpc) is 2.46. The Bertz CT molecular complexity index is 536. The predicted octanol–water partition coefficient (Wildman–Crippen LogP) is 1.10. The van der Waals surface area contributed by atoms with Gasteiger partial charge in [-0.1, -0.05) is 11.6 Å². The Morgan fingerprint density at radius 3 is 2.95 bits per heavy atom. The van der Waals surface area contributed by atoms with Crippen LogP contribution in [0.15, 0.2) is 18.5 Å². The number of hydrogen-bond acceptors (Lipinski definition) is 4. The zero-order valence-corrected chi connectivity index (χ0v) is 12.8. The molecule has 7 heteroatoms. The van der Waals surface area contributed by atoms with Gasteiger partial charge < -0.3 is 15.0 Å². The predicted molar refractivity (Wildman–Crippen MR) is 78.2 cm³/mol. The maximum Gasteiger partial charge on any atom is 0.257 e. The molecule has 21 heavy (non-hydrogen) atoms. The van der Waals surface area contributed by atoms with Crippen molar-refractivity contribution in [1.82, 2.24) is 15.2 Å². The summed E-state index contributed by atoms with van der Waals surface area (Å²) in [5, 5.41) is 3.13. The second-order valence-electron chi connectivity index (χ2n) is 5.11. The smallest absolute Gasteiger partial charge is 0.257 e. The molecule has 1 fully saturated rings. The molecule has 1 aliphatic rings. The van der Waals surface area contributed by atoms with Crippen LogP contribution >= 0.6 is 11.6 Å². The van der Waals surface area contributed by atoms with Crippen LogP contribution in [0.1, 0.15) is 24.2 Å². The molecule has 6 nitrogen and oxygen atoms in total. The van der Waals surface area contributed by atoms with Gasteiger partial charge in [0.15, 0.2) is 0 Å². The number of nitrogens with zero attached hydrogens (tertiary/aromatic N) is 2. The zero-order valence-electron chi connectivity index (χ0n) is 12.0. The van der Waals surface area contributed by atoms with Crippen molar-refractivity contribution in [2.75, 3.05) is 19.8 Å². The highest BCUT2D eigenvalue weighted by atomic mass is 35.5. The second kappa shape index (κ2) is 6.87. The van der Waals surface area contributed by atoms with Gasteiger partial charge in [-0.3, -0.25) is 14.6 Å². The summed E-state index contributed by atoms with van der Waals surface area (Å²) >= 11 is 6.03. The SMILES string of the molecule is CC(C)NC(=O)C1COCCN1C(=O)c1cnccc1Cl. The van der Waals surface area contributed by atoms with E-state index in [0.717, 1.165) is 0 Å². The highest BCUT2D eigenvalue weighted by molar-refractivity contribution is 6.33. The van der Waals surface area contributed by atoms with Gasteiger partial charge in [0.25, 0.3) is 5.91 Å². The van der Waals surface area contributed by atoms with Gasteiger partial charge in [0.05, 0.1) is 23.8 Å². The van der Waals surface area contributed by atoms with Gasteiger partial charge >= 0.3 is 0 Å². The summed E-state index contributed by atoms with van der Waals surface area (Å²) in [5.41, 5.74) is 0.295. The fourth-order valence-corrected chi connectivity index (χ4v) is 2.32. The highest BCUT2D eigenvalue weighted by Crippen LogP contribution is 2.19. The number of hydrogen-bond donors (Lipinski definition) is 1. The average molecular weight is 312 g/mol. The van der Waals surface area contributed by atoms with Gasteiger partial charge in [0.2, 0.25) is 5.91 Å². The standard InChI is InChI=1S/C14H18ClN3O3/c1-9(2)17-13(19)12-8-21-6-5-18(12)14(20)10-7-16-4-3-11(10)15/h3-4,7,9,12H,5-6,8H2,1-2H3,(H,17,19). The van der Waals surface area contributed by atoms with Crippen LogP contribution in [0.3, 0.4) is 0 Å². The molecular weight excluding hydrogens is 294 g/mol. The van der Waals surface area contributed by atoms with Crippen LogP contribution in [-0.2, 0) is 9.53 Å². The molecule has 0 saturated carbocycles. The number of aromatic nitrogens is 1. The number of halogens is 1. The number of amides is 2. The summed E-state index contributed by atoms with van der Waals surface area (Å²) in [4.78, 5) is 30.2. The Hall–Kier alpha value is -1.66. The molecule has 0 bridgehead atoms. The molecule has 0 aliphatic carbocycles. The van der Waals surface area contributed by atoms with Crippen molar-refractivity contribution >= 4 is 23.4 Å². The topological polar surface area (TPSA) is 71.5 Å². The molecular formula is C14H18ClN3O3. The summed E-state index contributed by atoms with van der Waals surface area (Å²) in [7, 11) is 0. The van der Waals surface area contributed by atoms with E-state index >= 15 is 0 Å². The van der Waals surface area contributed by atoms with Crippen molar-refractivity contribution in [3.63, 3.8) is 0 Å². The number of carbonyl (C=O) groups excluding carboxylic acids is 2. The first-order valence-electron chi connectivity index (χ1n) is 6.79. The van der Waals surface area contributed by atoms with Crippen LogP contribution in [0.5, 0.6) is 0 Å². The maximum atomic E-state index is 12.6. The van der Waals surface area contributed by atoms with E-state index in [2.05, 4.69) is 10.3 Å². The number of rotatable bonds is 3. The first-order valence-corrected chi connectivity index (χ1v) is 7.17. The van der Waals surface area contributed by atoms with E-state index in [1.54, 1.807) is 6.07 Å². The van der Waals surface area contributed by atoms with Crippen LogP contribution in [0.4, 0.5) is 0 Å². The summed E-state index contributed by atoms with van der Waals surface area (Å²) in [6.07, 6.45) is 2.93. The van der Waals surface area contributed by atoms with Gasteiger partial charge in [0.1, 0.15) is 6.04 Å². The van der Waals surface area contributed by atoms with E-state index in [1.165, 1.54) is 17.3 Å². The van der Waals surface area contributed by atoms with Gasteiger partial charge in [-0.2, -0.15) is 0 Å². The Balaban J connectivity index is 2.20. The lowest BCUT2D eigenvalue weighted by molar-refractivity contribution is -0.131. The molecule has 2 rings (SSSR count). The van der Waals surface area contributed by atoms with Crippen LogP contribution < -0.4 is 5.32 Å². The molecule has 2 amide bonds. The van der Waals surface area contributed by atoms with Crippen molar-refractivity contribution < 1.29 is 14.3 Å². The van der Waals surface area contributed by atoms with E-state index in [0.29, 0.717) is 23.7 Å². The first-order chi connectivity index (χ1) is 10.0. The van der Waals surface area contributed by atoms with Gasteiger partial charge in [-0.15, -0.1) is 0 Å². The summed E-state index contributed by atoms with van der Waals surface area (Å²) < 4.78 is 5.33. The Labute approximate surface area is 128 Å². The van der Waals surface area contributed by atoms with E-state index in [9.17, 15) is 9.59 Å². The third-order valence-corrected chi connectivity index (χ3v) is 3.45. The summed E-state index contributed by atoms with van der Waals surface area (Å²) in [6.45, 7) is 4.66. The molecule has 1 N–H and O–H groups in total. The number of pyridine rings is 1. The third-order valence-electron chi connectivity index (χ3n) is 3.12. The molecule has 1 aromatic rings. The second-order valence-corrected chi connectivity index (χ2v) is 5.52. The van der Waals surface area contributed by atoms with E-state index in [4.69, 9.17) is 16.3 Å². The molecule has 114 valence electrons. The fourth-order valence-electron chi connectivity index (χ4n) is 2.13. The molecule has 0 aromatic carbocycles. The first kappa shape index (κ1) is 15.7. The molecule has 1 aliphatic heterocycles. The lowest BCUT2D eigenvalue weighted by Gasteiger charge is -2.35. The lowest BCUT2D eigenvalue weighted by Crippen LogP contribution is -2.56. The monoisotopic (exact) mass is 311 g/mol. The Morgan fingerprint density at radius 2 is 2.29 bits per heavy atom. The molecule has 1 aromatic heterocycles. The number of morpholine rings is 1. The summed E-state index contributed by atoms with van der Waals surface area (Å²) in [5.74, 6) is -0.529. The van der Waals surface area contributed by atoms with Gasteiger partial charge in [-0.05, 0) is 19.9 Å². The van der Waals surface area contributed by atoms with Crippen molar-refractivity contribution in [1.29, 1.82) is 0 Å². The third kappa shape index (κ3) is 3.71. The van der Waals surface area contributed by atoms with Crippen molar-refractivity contribution in [3.8, 4) is 0 Å². The van der Waals surface area contributed by atoms with Crippen molar-refractivity contribution in [2.24, 2.45) is 0 Å². The Morgan fingerprint density at radius 1 is 1.52 bits per heavy atom. The lowest BCUT2D eigenvalue weighted by atomic mass is 10.1. The molecule has 0 radical (unpaired) electrons. The number of carbonyl (C=O) groups is 2. The number of ether oxygens (including phenoxy) is 1. The van der Waals surface area contributed by atoms with E-state index in [1.807, 2.05) is 13.8 Å². The van der Waals surface area contributed by atoms with E-state index < -0.39 is 6.04 Å². The Kier molecular flexibility index (Phi) is 5.14. The minimum absolute atomic E-state index is 0.00152. The quantitative estimate of drug-likeness (QED) is 0.907. The van der Waals surface area contributed by atoms with Crippen LogP contribution in [0.2, 0.25) is 5.02 Å².